The number of Topliss-reactive ketones (excluding diaryl/α,β-unsaturated/α-hetero) is 1. The zero-order chi connectivity index (χ0) is 17.1. The molecule has 0 bridgehead atoms. The topological polar surface area (TPSA) is 70.5 Å². The zero-order valence-electron chi connectivity index (χ0n) is 13.6. The zero-order valence-corrected chi connectivity index (χ0v) is 13.6. The first-order valence-corrected chi connectivity index (χ1v) is 8.09. The molecule has 2 heterocycles. The van der Waals surface area contributed by atoms with Crippen molar-refractivity contribution in [3.63, 3.8) is 0 Å². The van der Waals surface area contributed by atoms with Crippen LogP contribution in [0.5, 0.6) is 0 Å². The van der Waals surface area contributed by atoms with Gasteiger partial charge in [0.1, 0.15) is 0 Å². The Bertz CT molecular complexity index is 738. The molecule has 1 atom stereocenters. The van der Waals surface area contributed by atoms with Crippen LogP contribution >= 0.6 is 0 Å². The van der Waals surface area contributed by atoms with Crippen molar-refractivity contribution in [3.05, 3.63) is 53.7 Å². The first kappa shape index (κ1) is 16.3. The summed E-state index contributed by atoms with van der Waals surface area (Å²) in [5, 5.41) is 9.36. The molecule has 1 N–H and O–H groups in total. The molecule has 0 aliphatic carbocycles. The lowest BCUT2D eigenvalue weighted by atomic mass is 10.1. The summed E-state index contributed by atoms with van der Waals surface area (Å²) in [6, 6.07) is 10.8. The molecule has 1 fully saturated rings. The number of benzene rings is 1. The highest BCUT2D eigenvalue weighted by Gasteiger charge is 2.28. The molecular weight excluding hydrogens is 304 g/mol. The van der Waals surface area contributed by atoms with Crippen LogP contribution in [0.1, 0.15) is 40.5 Å². The van der Waals surface area contributed by atoms with E-state index in [0.717, 1.165) is 24.1 Å². The van der Waals surface area contributed by atoms with Crippen LogP contribution < -0.4 is 0 Å². The summed E-state index contributed by atoms with van der Waals surface area (Å²) in [6.07, 6.45) is 3.35. The smallest absolute Gasteiger partial charge is 0.254 e. The van der Waals surface area contributed by atoms with Crippen LogP contribution in [0.3, 0.4) is 0 Å². The first-order chi connectivity index (χ1) is 11.6. The molecule has 2 aromatic rings. The monoisotopic (exact) mass is 324 g/mol. The van der Waals surface area contributed by atoms with Gasteiger partial charge in [-0.25, -0.2) is 0 Å². The number of amides is 1. The van der Waals surface area contributed by atoms with E-state index in [2.05, 4.69) is 4.98 Å². The van der Waals surface area contributed by atoms with Crippen molar-refractivity contribution in [2.75, 3.05) is 13.2 Å². The van der Waals surface area contributed by atoms with E-state index >= 15 is 0 Å². The number of aliphatic hydroxyl groups is 1. The number of aromatic nitrogens is 1. The number of aliphatic hydroxyl groups excluding tert-OH is 1. The molecule has 5 nitrogen and oxygen atoms in total. The Balaban J connectivity index is 1.77. The van der Waals surface area contributed by atoms with Gasteiger partial charge < -0.3 is 10.0 Å². The highest BCUT2D eigenvalue weighted by Crippen LogP contribution is 2.22. The number of likely N-dealkylation sites (tertiary alicyclic amines) is 1. The maximum atomic E-state index is 12.5. The number of carbonyl (C=O) groups excluding carboxylic acids is 2. The number of hydrogen-bond acceptors (Lipinski definition) is 4. The molecule has 0 radical (unpaired) electrons. The minimum Gasteiger partial charge on any atom is -0.394 e. The van der Waals surface area contributed by atoms with E-state index in [0.29, 0.717) is 17.7 Å². The number of nitrogens with zero attached hydrogens (tertiary/aromatic N) is 2. The van der Waals surface area contributed by atoms with Crippen LogP contribution in [0, 0.1) is 0 Å². The van der Waals surface area contributed by atoms with Crippen LogP contribution in [0.4, 0.5) is 0 Å². The molecule has 1 unspecified atom stereocenters. The second-order valence-corrected chi connectivity index (χ2v) is 6.04. The van der Waals surface area contributed by atoms with Gasteiger partial charge in [-0.3, -0.25) is 14.6 Å². The Morgan fingerprint density at radius 1 is 1.17 bits per heavy atom. The van der Waals surface area contributed by atoms with E-state index in [-0.39, 0.29) is 24.3 Å². The van der Waals surface area contributed by atoms with E-state index < -0.39 is 0 Å². The average Bonchev–Trinajstić information content (AvgIpc) is 3.10. The summed E-state index contributed by atoms with van der Waals surface area (Å²) >= 11 is 0. The molecule has 24 heavy (non-hydrogen) atoms. The fourth-order valence-corrected chi connectivity index (χ4v) is 3.02. The third-order valence-corrected chi connectivity index (χ3v) is 4.45. The lowest BCUT2D eigenvalue weighted by Gasteiger charge is -2.23. The molecule has 1 amide bonds. The van der Waals surface area contributed by atoms with Gasteiger partial charge >= 0.3 is 0 Å². The van der Waals surface area contributed by atoms with Crippen molar-refractivity contribution < 1.29 is 14.7 Å². The van der Waals surface area contributed by atoms with Gasteiger partial charge in [0.2, 0.25) is 0 Å². The normalized spacial score (nSPS) is 17.1. The van der Waals surface area contributed by atoms with Gasteiger partial charge in [0.05, 0.1) is 18.3 Å². The lowest BCUT2D eigenvalue weighted by Crippen LogP contribution is -2.37. The molecule has 1 aliphatic rings. The SMILES string of the molecule is CC(=O)c1ccc(-c2ccc(C(=O)N3CCCC3CO)cc2)nc1. The summed E-state index contributed by atoms with van der Waals surface area (Å²) in [6.45, 7) is 2.21. The third kappa shape index (κ3) is 3.21. The van der Waals surface area contributed by atoms with Gasteiger partial charge in [-0.1, -0.05) is 12.1 Å². The molecule has 1 saturated heterocycles. The molecule has 5 heteroatoms. The van der Waals surface area contributed by atoms with Crippen LogP contribution in [-0.2, 0) is 0 Å². The van der Waals surface area contributed by atoms with Gasteiger partial charge in [0.15, 0.2) is 5.78 Å². The summed E-state index contributed by atoms with van der Waals surface area (Å²) in [5.74, 6) is -0.0583. The summed E-state index contributed by atoms with van der Waals surface area (Å²) in [5.41, 5.74) is 2.84. The fourth-order valence-electron chi connectivity index (χ4n) is 3.02. The Morgan fingerprint density at radius 3 is 2.46 bits per heavy atom. The second-order valence-electron chi connectivity index (χ2n) is 6.04. The predicted molar refractivity (Wildman–Crippen MR) is 90.8 cm³/mol. The maximum absolute atomic E-state index is 12.5. The van der Waals surface area contributed by atoms with E-state index in [1.807, 2.05) is 12.1 Å². The fraction of sp³-hybridized carbons (Fsp3) is 0.316. The van der Waals surface area contributed by atoms with E-state index in [9.17, 15) is 14.7 Å². The summed E-state index contributed by atoms with van der Waals surface area (Å²) in [4.78, 5) is 29.9. The molecule has 1 aromatic carbocycles. The number of rotatable bonds is 4. The minimum absolute atomic E-state index is 0.0102. The van der Waals surface area contributed by atoms with Gasteiger partial charge in [-0.05, 0) is 44.0 Å². The lowest BCUT2D eigenvalue weighted by molar-refractivity contribution is 0.0677. The van der Waals surface area contributed by atoms with Gasteiger partial charge in [0, 0.05) is 29.4 Å². The Hall–Kier alpha value is -2.53. The quantitative estimate of drug-likeness (QED) is 0.878. The highest BCUT2D eigenvalue weighted by molar-refractivity contribution is 5.95. The van der Waals surface area contributed by atoms with Crippen LogP contribution in [0.25, 0.3) is 11.3 Å². The van der Waals surface area contributed by atoms with Gasteiger partial charge in [-0.15, -0.1) is 0 Å². The van der Waals surface area contributed by atoms with E-state index in [4.69, 9.17) is 0 Å². The van der Waals surface area contributed by atoms with E-state index in [1.165, 1.54) is 6.92 Å². The molecule has 124 valence electrons. The van der Waals surface area contributed by atoms with Gasteiger partial charge in [0.25, 0.3) is 5.91 Å². The average molecular weight is 324 g/mol. The summed E-state index contributed by atoms with van der Waals surface area (Å²) in [7, 11) is 0. The Kier molecular flexibility index (Phi) is 4.71. The van der Waals surface area contributed by atoms with Crippen molar-refractivity contribution in [1.82, 2.24) is 9.88 Å². The van der Waals surface area contributed by atoms with Crippen molar-refractivity contribution in [3.8, 4) is 11.3 Å². The van der Waals surface area contributed by atoms with Crippen LogP contribution in [0.15, 0.2) is 42.6 Å². The predicted octanol–water partition coefficient (Wildman–Crippen LogP) is 2.55. The van der Waals surface area contributed by atoms with Crippen molar-refractivity contribution in [2.24, 2.45) is 0 Å². The Labute approximate surface area is 140 Å². The van der Waals surface area contributed by atoms with Gasteiger partial charge in [-0.2, -0.15) is 0 Å². The van der Waals surface area contributed by atoms with Crippen molar-refractivity contribution >= 4 is 11.7 Å². The number of pyridine rings is 1. The molecule has 1 aromatic heterocycles. The summed E-state index contributed by atoms with van der Waals surface area (Å²) < 4.78 is 0. The number of ketones is 1. The molecule has 1 aliphatic heterocycles. The number of hydrogen-bond donors (Lipinski definition) is 1. The molecule has 0 saturated carbocycles. The highest BCUT2D eigenvalue weighted by atomic mass is 16.3. The number of carbonyl (C=O) groups is 2. The molecular formula is C19H20N2O3. The second kappa shape index (κ2) is 6.93. The standard InChI is InChI=1S/C19H20N2O3/c1-13(23)16-8-9-18(20-11-16)14-4-6-15(7-5-14)19(24)21-10-2-3-17(21)12-22/h4-9,11,17,22H,2-3,10,12H2,1H3. The Morgan fingerprint density at radius 2 is 1.88 bits per heavy atom. The third-order valence-electron chi connectivity index (χ3n) is 4.45. The molecule has 0 spiro atoms. The largest absolute Gasteiger partial charge is 0.394 e. The van der Waals surface area contributed by atoms with Crippen molar-refractivity contribution in [2.45, 2.75) is 25.8 Å². The minimum atomic E-state index is -0.0713. The molecule has 3 rings (SSSR count). The maximum Gasteiger partial charge on any atom is 0.254 e. The van der Waals surface area contributed by atoms with Crippen LogP contribution in [0.2, 0.25) is 0 Å². The first-order valence-electron chi connectivity index (χ1n) is 8.09. The van der Waals surface area contributed by atoms with E-state index in [1.54, 1.807) is 35.4 Å². The van der Waals surface area contributed by atoms with Crippen molar-refractivity contribution in [1.29, 1.82) is 0 Å². The van der Waals surface area contributed by atoms with Crippen LogP contribution in [-0.4, -0.2) is 45.9 Å².